The van der Waals surface area contributed by atoms with Crippen molar-refractivity contribution in [1.29, 1.82) is 0 Å². The molecule has 1 amide bonds. The van der Waals surface area contributed by atoms with E-state index in [0.717, 1.165) is 9.13 Å². The van der Waals surface area contributed by atoms with Crippen LogP contribution in [0.1, 0.15) is 15.9 Å². The van der Waals surface area contributed by atoms with Gasteiger partial charge in [0.05, 0.1) is 21.3 Å². The van der Waals surface area contributed by atoms with Crippen molar-refractivity contribution in [2.75, 3.05) is 5.32 Å². The Morgan fingerprint density at radius 3 is 2.55 bits per heavy atom. The summed E-state index contributed by atoms with van der Waals surface area (Å²) in [6.07, 6.45) is 0. The molecular weight excluding hydrogens is 431 g/mol. The van der Waals surface area contributed by atoms with Gasteiger partial charge in [-0.3, -0.25) is 4.79 Å². The summed E-state index contributed by atoms with van der Waals surface area (Å²) in [5.41, 5.74) is 1.73. The van der Waals surface area contributed by atoms with E-state index in [9.17, 15) is 4.79 Å². The van der Waals surface area contributed by atoms with Gasteiger partial charge < -0.3 is 5.32 Å². The minimum absolute atomic E-state index is 0.300. The van der Waals surface area contributed by atoms with Gasteiger partial charge in [0, 0.05) is 8.59 Å². The standard InChI is InChI=1S/C14H9Cl3INO/c1-7-2-4-10(16)13(12(7)17)19-14(20)9-6-8(15)3-5-11(9)18/h2-6H,1H3,(H,19,20). The molecule has 0 aliphatic rings. The molecule has 2 aromatic carbocycles. The third-order valence-corrected chi connectivity index (χ3v) is 4.67. The van der Waals surface area contributed by atoms with Gasteiger partial charge in [-0.1, -0.05) is 40.9 Å². The fourth-order valence-corrected chi connectivity index (χ4v) is 2.84. The number of hydrogen-bond acceptors (Lipinski definition) is 1. The van der Waals surface area contributed by atoms with Crippen LogP contribution in [-0.2, 0) is 0 Å². The number of halogens is 4. The van der Waals surface area contributed by atoms with E-state index < -0.39 is 0 Å². The average molecular weight is 440 g/mol. The normalized spacial score (nSPS) is 10.4. The lowest BCUT2D eigenvalue weighted by Crippen LogP contribution is -2.14. The first kappa shape index (κ1) is 15.9. The summed E-state index contributed by atoms with van der Waals surface area (Å²) < 4.78 is 0.796. The predicted octanol–water partition coefficient (Wildman–Crippen LogP) is 5.81. The van der Waals surface area contributed by atoms with Gasteiger partial charge in [-0.25, -0.2) is 0 Å². The first-order valence-corrected chi connectivity index (χ1v) is 7.82. The minimum atomic E-state index is -0.300. The maximum Gasteiger partial charge on any atom is 0.256 e. The van der Waals surface area contributed by atoms with Crippen molar-refractivity contribution < 1.29 is 4.79 Å². The van der Waals surface area contributed by atoms with E-state index in [-0.39, 0.29) is 5.91 Å². The van der Waals surface area contributed by atoms with Crippen molar-refractivity contribution in [2.24, 2.45) is 0 Å². The van der Waals surface area contributed by atoms with Gasteiger partial charge in [-0.05, 0) is 59.3 Å². The van der Waals surface area contributed by atoms with Gasteiger partial charge in [0.25, 0.3) is 5.91 Å². The summed E-state index contributed by atoms with van der Waals surface area (Å²) in [5.74, 6) is -0.300. The highest BCUT2D eigenvalue weighted by molar-refractivity contribution is 14.1. The maximum atomic E-state index is 12.3. The lowest BCUT2D eigenvalue weighted by molar-refractivity contribution is 0.102. The largest absolute Gasteiger partial charge is 0.319 e. The third-order valence-electron chi connectivity index (χ3n) is 2.70. The SMILES string of the molecule is Cc1ccc(Cl)c(NC(=O)c2cc(Cl)ccc2I)c1Cl. The Balaban J connectivity index is 2.38. The summed E-state index contributed by atoms with van der Waals surface area (Å²) in [6, 6.07) is 8.60. The van der Waals surface area contributed by atoms with Gasteiger partial charge in [0.2, 0.25) is 0 Å². The highest BCUT2D eigenvalue weighted by atomic mass is 127. The molecule has 2 aromatic rings. The van der Waals surface area contributed by atoms with Crippen molar-refractivity contribution >= 4 is 69.0 Å². The van der Waals surface area contributed by atoms with Gasteiger partial charge >= 0.3 is 0 Å². The van der Waals surface area contributed by atoms with Gasteiger partial charge in [0.1, 0.15) is 0 Å². The Labute approximate surface area is 145 Å². The Hall–Kier alpha value is -0.490. The fraction of sp³-hybridized carbons (Fsp3) is 0.0714. The lowest BCUT2D eigenvalue weighted by Gasteiger charge is -2.12. The molecule has 6 heteroatoms. The zero-order valence-corrected chi connectivity index (χ0v) is 14.7. The molecular formula is C14H9Cl3INO. The summed E-state index contributed by atoms with van der Waals surface area (Å²) in [6.45, 7) is 1.84. The van der Waals surface area contributed by atoms with Gasteiger partial charge in [-0.15, -0.1) is 0 Å². The molecule has 0 atom stereocenters. The molecule has 1 N–H and O–H groups in total. The van der Waals surface area contributed by atoms with Crippen LogP contribution >= 0.6 is 57.4 Å². The number of benzene rings is 2. The summed E-state index contributed by atoms with van der Waals surface area (Å²) in [5, 5.41) is 4.06. The van der Waals surface area contributed by atoms with Crippen LogP contribution in [0.15, 0.2) is 30.3 Å². The Kier molecular flexibility index (Phi) is 5.18. The van der Waals surface area contributed by atoms with E-state index in [4.69, 9.17) is 34.8 Å². The van der Waals surface area contributed by atoms with Crippen LogP contribution in [0.4, 0.5) is 5.69 Å². The lowest BCUT2D eigenvalue weighted by atomic mass is 10.2. The third kappa shape index (κ3) is 3.39. The van der Waals surface area contributed by atoms with E-state index >= 15 is 0 Å². The van der Waals surface area contributed by atoms with Crippen LogP contribution in [0, 0.1) is 10.5 Å². The number of nitrogens with one attached hydrogen (secondary N) is 1. The molecule has 0 aliphatic heterocycles. The van der Waals surface area contributed by atoms with Crippen LogP contribution in [0.2, 0.25) is 15.1 Å². The number of hydrogen-bond donors (Lipinski definition) is 1. The first-order chi connectivity index (χ1) is 9.40. The predicted molar refractivity (Wildman–Crippen MR) is 93.3 cm³/mol. The van der Waals surface area contributed by atoms with E-state index in [2.05, 4.69) is 27.9 Å². The smallest absolute Gasteiger partial charge is 0.256 e. The molecule has 20 heavy (non-hydrogen) atoms. The van der Waals surface area contributed by atoms with Crippen LogP contribution in [0.3, 0.4) is 0 Å². The van der Waals surface area contributed by atoms with Crippen molar-refractivity contribution in [3.05, 3.63) is 60.1 Å². The van der Waals surface area contributed by atoms with Crippen molar-refractivity contribution in [2.45, 2.75) is 6.92 Å². The molecule has 0 saturated carbocycles. The Morgan fingerprint density at radius 1 is 1.15 bits per heavy atom. The zero-order valence-electron chi connectivity index (χ0n) is 10.3. The van der Waals surface area contributed by atoms with Crippen LogP contribution in [0.5, 0.6) is 0 Å². The molecule has 2 nitrogen and oxygen atoms in total. The molecule has 104 valence electrons. The summed E-state index contributed by atoms with van der Waals surface area (Å²) in [4.78, 5) is 12.3. The molecule has 0 aromatic heterocycles. The summed E-state index contributed by atoms with van der Waals surface area (Å²) in [7, 11) is 0. The number of amides is 1. The molecule has 0 fully saturated rings. The van der Waals surface area contributed by atoms with Gasteiger partial charge in [0.15, 0.2) is 0 Å². The van der Waals surface area contributed by atoms with Crippen molar-refractivity contribution in [3.63, 3.8) is 0 Å². The number of carbonyl (C=O) groups excluding carboxylic acids is 1. The number of aryl methyl sites for hydroxylation is 1. The maximum absolute atomic E-state index is 12.3. The van der Waals surface area contributed by atoms with E-state index in [1.807, 2.05) is 6.92 Å². The monoisotopic (exact) mass is 439 g/mol. The summed E-state index contributed by atoms with van der Waals surface area (Å²) >= 11 is 20.2. The first-order valence-electron chi connectivity index (χ1n) is 5.61. The zero-order chi connectivity index (χ0) is 14.9. The molecule has 0 unspecified atom stereocenters. The van der Waals surface area contributed by atoms with E-state index in [0.29, 0.717) is 26.3 Å². The quantitative estimate of drug-likeness (QED) is 0.587. The Morgan fingerprint density at radius 2 is 1.85 bits per heavy atom. The topological polar surface area (TPSA) is 29.1 Å². The highest BCUT2D eigenvalue weighted by Gasteiger charge is 2.15. The highest BCUT2D eigenvalue weighted by Crippen LogP contribution is 2.33. The van der Waals surface area contributed by atoms with Crippen molar-refractivity contribution in [3.8, 4) is 0 Å². The molecule has 0 bridgehead atoms. The number of rotatable bonds is 2. The van der Waals surface area contributed by atoms with Crippen molar-refractivity contribution in [1.82, 2.24) is 0 Å². The molecule has 0 aliphatic carbocycles. The molecule has 0 spiro atoms. The minimum Gasteiger partial charge on any atom is -0.319 e. The molecule has 2 rings (SSSR count). The Bertz CT molecular complexity index is 688. The number of anilines is 1. The second-order valence-corrected chi connectivity index (χ2v) is 6.52. The number of carbonyl (C=O) groups is 1. The van der Waals surface area contributed by atoms with Crippen LogP contribution in [-0.4, -0.2) is 5.91 Å². The van der Waals surface area contributed by atoms with Crippen LogP contribution < -0.4 is 5.32 Å². The van der Waals surface area contributed by atoms with Gasteiger partial charge in [-0.2, -0.15) is 0 Å². The van der Waals surface area contributed by atoms with Crippen LogP contribution in [0.25, 0.3) is 0 Å². The molecule has 0 heterocycles. The second-order valence-electron chi connectivity index (χ2n) is 4.13. The van der Waals surface area contributed by atoms with E-state index in [1.165, 1.54) is 0 Å². The fourth-order valence-electron chi connectivity index (χ4n) is 1.62. The average Bonchev–Trinajstić information content (AvgIpc) is 2.41. The molecule has 0 saturated heterocycles. The van der Waals surface area contributed by atoms with E-state index in [1.54, 1.807) is 30.3 Å². The molecule has 0 radical (unpaired) electrons. The second kappa shape index (κ2) is 6.52.